The number of thioether (sulfide) groups is 1. The Balaban J connectivity index is 1.93. The number of hydrogen-bond donors (Lipinski definition) is 1. The summed E-state index contributed by atoms with van der Waals surface area (Å²) in [6.45, 7) is 1.62. The van der Waals surface area contributed by atoms with E-state index in [0.29, 0.717) is 22.6 Å². The van der Waals surface area contributed by atoms with E-state index in [0.717, 1.165) is 0 Å². The van der Waals surface area contributed by atoms with Crippen molar-refractivity contribution >= 4 is 34.7 Å². The highest BCUT2D eigenvalue weighted by molar-refractivity contribution is 7.99. The number of ether oxygens (including phenoxy) is 1. The van der Waals surface area contributed by atoms with Gasteiger partial charge in [0.05, 0.1) is 22.7 Å². The summed E-state index contributed by atoms with van der Waals surface area (Å²) in [7, 11) is 1.36. The summed E-state index contributed by atoms with van der Waals surface area (Å²) in [6, 6.07) is 9.09. The Hall–Kier alpha value is -3.14. The molecular weight excluding hydrogens is 374 g/mol. The predicted molar refractivity (Wildman–Crippen MR) is 102 cm³/mol. The van der Waals surface area contributed by atoms with E-state index in [4.69, 9.17) is 4.74 Å². The monoisotopic (exact) mass is 391 g/mol. The van der Waals surface area contributed by atoms with E-state index in [9.17, 15) is 25.0 Å². The largest absolute Gasteiger partial charge is 0.490 e. The van der Waals surface area contributed by atoms with Gasteiger partial charge in [-0.2, -0.15) is 0 Å². The minimum absolute atomic E-state index is 0.0639. The van der Waals surface area contributed by atoms with Gasteiger partial charge in [-0.15, -0.1) is 11.8 Å². The van der Waals surface area contributed by atoms with Crippen molar-refractivity contribution in [3.63, 3.8) is 0 Å². The molecule has 0 atom stereocenters. The minimum Gasteiger partial charge on any atom is -0.490 e. The minimum atomic E-state index is -0.524. The van der Waals surface area contributed by atoms with Gasteiger partial charge in [0, 0.05) is 29.1 Å². The molecule has 0 radical (unpaired) electrons. The van der Waals surface area contributed by atoms with Gasteiger partial charge in [0.25, 0.3) is 5.69 Å². The van der Waals surface area contributed by atoms with Gasteiger partial charge in [-0.25, -0.2) is 0 Å². The van der Waals surface area contributed by atoms with Crippen molar-refractivity contribution in [3.8, 4) is 5.75 Å². The molecule has 0 aromatic heterocycles. The van der Waals surface area contributed by atoms with E-state index in [2.05, 4.69) is 5.32 Å². The third-order valence-corrected chi connectivity index (χ3v) is 4.64. The van der Waals surface area contributed by atoms with E-state index >= 15 is 0 Å². The Morgan fingerprint density at radius 2 is 1.81 bits per heavy atom. The highest BCUT2D eigenvalue weighted by Crippen LogP contribution is 2.29. The van der Waals surface area contributed by atoms with Crippen molar-refractivity contribution in [3.05, 3.63) is 67.8 Å². The molecule has 0 aliphatic rings. The second-order valence-electron chi connectivity index (χ2n) is 5.56. The molecule has 0 bridgehead atoms. The number of methoxy groups -OCH3 is 1. The zero-order chi connectivity index (χ0) is 20.0. The third-order valence-electron chi connectivity index (χ3n) is 3.63. The maximum absolute atomic E-state index is 12.0. The van der Waals surface area contributed by atoms with Gasteiger partial charge < -0.3 is 10.1 Å². The first-order valence-corrected chi connectivity index (χ1v) is 8.91. The molecule has 1 N–H and O–H groups in total. The number of aryl methyl sites for hydroxylation is 1. The Labute approximate surface area is 159 Å². The quantitative estimate of drug-likeness (QED) is 0.537. The van der Waals surface area contributed by atoms with Gasteiger partial charge in [0.15, 0.2) is 5.75 Å². The smallest absolute Gasteiger partial charge is 0.311 e. The highest BCUT2D eigenvalue weighted by Gasteiger charge is 2.16. The summed E-state index contributed by atoms with van der Waals surface area (Å²) >= 11 is 1.27. The van der Waals surface area contributed by atoms with Crippen LogP contribution in [0.15, 0.2) is 36.4 Å². The first-order chi connectivity index (χ1) is 12.8. The molecular formula is C17H17N3O6S. The summed E-state index contributed by atoms with van der Waals surface area (Å²) in [5, 5.41) is 24.6. The van der Waals surface area contributed by atoms with Crippen molar-refractivity contribution in [2.24, 2.45) is 0 Å². The number of rotatable bonds is 8. The lowest BCUT2D eigenvalue weighted by molar-refractivity contribution is -0.385. The predicted octanol–water partition coefficient (Wildman–Crippen LogP) is 3.69. The maximum Gasteiger partial charge on any atom is 0.311 e. The van der Waals surface area contributed by atoms with Crippen LogP contribution in [0.1, 0.15) is 11.1 Å². The van der Waals surface area contributed by atoms with E-state index in [1.54, 1.807) is 25.1 Å². The van der Waals surface area contributed by atoms with Crippen LogP contribution in [-0.2, 0) is 10.5 Å². The standard InChI is InChI=1S/C17H17N3O6S/c1-11-3-5-13(8-14(11)19(22)23)18-17(21)10-27-9-12-4-6-16(26-2)15(7-12)20(24)25/h3-8H,9-10H2,1-2H3,(H,18,21). The topological polar surface area (TPSA) is 125 Å². The Morgan fingerprint density at radius 3 is 2.44 bits per heavy atom. The molecule has 0 spiro atoms. The van der Waals surface area contributed by atoms with Crippen LogP contribution in [-0.4, -0.2) is 28.6 Å². The number of nitrogens with zero attached hydrogens (tertiary/aromatic N) is 2. The fourth-order valence-corrected chi connectivity index (χ4v) is 3.09. The van der Waals surface area contributed by atoms with E-state index in [1.165, 1.54) is 37.1 Å². The lowest BCUT2D eigenvalue weighted by Gasteiger charge is -2.07. The number of anilines is 1. The van der Waals surface area contributed by atoms with Crippen LogP contribution in [0.2, 0.25) is 0 Å². The number of amides is 1. The summed E-state index contributed by atoms with van der Waals surface area (Å²) in [5.41, 5.74) is 1.34. The Bertz CT molecular complexity index is 887. The number of hydrogen-bond acceptors (Lipinski definition) is 7. The molecule has 9 nitrogen and oxygen atoms in total. The molecule has 2 aromatic carbocycles. The summed E-state index contributed by atoms with van der Waals surface area (Å²) in [5.74, 6) is 0.349. The van der Waals surface area contributed by atoms with Crippen molar-refractivity contribution in [1.29, 1.82) is 0 Å². The van der Waals surface area contributed by atoms with Gasteiger partial charge in [-0.05, 0) is 24.6 Å². The van der Waals surface area contributed by atoms with Crippen LogP contribution in [0, 0.1) is 27.2 Å². The number of nitrogens with one attached hydrogen (secondary N) is 1. The van der Waals surface area contributed by atoms with Crippen molar-refractivity contribution in [1.82, 2.24) is 0 Å². The lowest BCUT2D eigenvalue weighted by Crippen LogP contribution is -2.14. The molecule has 0 heterocycles. The molecule has 2 rings (SSSR count). The molecule has 142 valence electrons. The van der Waals surface area contributed by atoms with Gasteiger partial charge in [-0.3, -0.25) is 25.0 Å². The van der Waals surface area contributed by atoms with Crippen LogP contribution in [0.4, 0.5) is 17.1 Å². The Kier molecular flexibility index (Phi) is 6.72. The molecule has 10 heteroatoms. The summed E-state index contributed by atoms with van der Waals surface area (Å²) < 4.78 is 4.95. The van der Waals surface area contributed by atoms with Crippen LogP contribution >= 0.6 is 11.8 Å². The highest BCUT2D eigenvalue weighted by atomic mass is 32.2. The fourth-order valence-electron chi connectivity index (χ4n) is 2.31. The average Bonchev–Trinajstić information content (AvgIpc) is 2.62. The van der Waals surface area contributed by atoms with Crippen LogP contribution in [0.25, 0.3) is 0 Å². The van der Waals surface area contributed by atoms with Crippen molar-refractivity contribution in [2.75, 3.05) is 18.2 Å². The summed E-state index contributed by atoms with van der Waals surface area (Å²) in [6.07, 6.45) is 0. The van der Waals surface area contributed by atoms with E-state index in [1.807, 2.05) is 0 Å². The zero-order valence-electron chi connectivity index (χ0n) is 14.6. The van der Waals surface area contributed by atoms with Crippen molar-refractivity contribution < 1.29 is 19.4 Å². The Morgan fingerprint density at radius 1 is 1.11 bits per heavy atom. The van der Waals surface area contributed by atoms with Crippen LogP contribution in [0.5, 0.6) is 5.75 Å². The van der Waals surface area contributed by atoms with Gasteiger partial charge in [0.1, 0.15) is 0 Å². The third kappa shape index (κ3) is 5.42. The number of carbonyl (C=O) groups excluding carboxylic acids is 1. The number of benzene rings is 2. The fraction of sp³-hybridized carbons (Fsp3) is 0.235. The van der Waals surface area contributed by atoms with E-state index < -0.39 is 9.85 Å². The first kappa shape index (κ1) is 20.2. The molecule has 2 aromatic rings. The van der Waals surface area contributed by atoms with Crippen molar-refractivity contribution in [2.45, 2.75) is 12.7 Å². The molecule has 0 fully saturated rings. The first-order valence-electron chi connectivity index (χ1n) is 7.75. The molecule has 0 saturated heterocycles. The molecule has 0 unspecified atom stereocenters. The molecule has 0 saturated carbocycles. The molecule has 1 amide bonds. The van der Waals surface area contributed by atoms with Crippen LogP contribution < -0.4 is 10.1 Å². The normalized spacial score (nSPS) is 10.3. The summed E-state index contributed by atoms with van der Waals surface area (Å²) in [4.78, 5) is 33.0. The second-order valence-corrected chi connectivity index (χ2v) is 6.55. The number of carbonyl (C=O) groups is 1. The van der Waals surface area contributed by atoms with Gasteiger partial charge >= 0.3 is 5.69 Å². The van der Waals surface area contributed by atoms with E-state index in [-0.39, 0.29) is 28.8 Å². The molecule has 0 aliphatic heterocycles. The van der Waals surface area contributed by atoms with Gasteiger partial charge in [-0.1, -0.05) is 12.1 Å². The van der Waals surface area contributed by atoms with Crippen LogP contribution in [0.3, 0.4) is 0 Å². The lowest BCUT2D eigenvalue weighted by atomic mass is 10.2. The second kappa shape index (κ2) is 8.99. The maximum atomic E-state index is 12.0. The molecule has 27 heavy (non-hydrogen) atoms. The zero-order valence-corrected chi connectivity index (χ0v) is 15.4. The average molecular weight is 391 g/mol. The number of nitro groups is 2. The van der Waals surface area contributed by atoms with Gasteiger partial charge in [0.2, 0.25) is 5.91 Å². The number of nitro benzene ring substituents is 2. The SMILES string of the molecule is COc1ccc(CSCC(=O)Nc2ccc(C)c([N+](=O)[O-])c2)cc1[N+](=O)[O-]. The molecule has 0 aliphatic carbocycles.